The molecule has 2 nitrogen and oxygen atoms in total. The second kappa shape index (κ2) is 4.80. The molecule has 0 aliphatic carbocycles. The first kappa shape index (κ1) is 11.3. The number of rotatable bonds is 2. The van der Waals surface area contributed by atoms with Gasteiger partial charge in [-0.1, -0.05) is 13.0 Å². The first-order chi connectivity index (χ1) is 7.76. The highest BCUT2D eigenvalue weighted by Gasteiger charge is 2.23. The van der Waals surface area contributed by atoms with Crippen LogP contribution in [0, 0.1) is 11.3 Å². The van der Waals surface area contributed by atoms with Crippen LogP contribution in [0.15, 0.2) is 23.1 Å². The Hall–Kier alpha value is -1.14. The van der Waals surface area contributed by atoms with Gasteiger partial charge in [0.2, 0.25) is 0 Å². The molecule has 1 atom stereocenters. The van der Waals surface area contributed by atoms with E-state index in [0.29, 0.717) is 12.5 Å². The van der Waals surface area contributed by atoms with Crippen molar-refractivity contribution in [2.24, 2.45) is 0 Å². The van der Waals surface area contributed by atoms with Gasteiger partial charge in [0, 0.05) is 17.7 Å². The monoisotopic (exact) mass is 232 g/mol. The number of hydrogen-bond acceptors (Lipinski definition) is 3. The number of anilines is 1. The van der Waals surface area contributed by atoms with E-state index >= 15 is 0 Å². The van der Waals surface area contributed by atoms with Crippen molar-refractivity contribution in [1.29, 1.82) is 5.26 Å². The van der Waals surface area contributed by atoms with Crippen LogP contribution < -0.4 is 4.90 Å². The summed E-state index contributed by atoms with van der Waals surface area (Å²) in [6.45, 7) is 2.18. The summed E-state index contributed by atoms with van der Waals surface area (Å²) in [5.74, 6) is 1.02. The van der Waals surface area contributed by atoms with Gasteiger partial charge in [-0.15, -0.1) is 11.8 Å². The molecule has 0 spiro atoms. The molecule has 0 fully saturated rings. The zero-order valence-electron chi connectivity index (χ0n) is 9.73. The second-order valence-corrected chi connectivity index (χ2v) is 5.16. The van der Waals surface area contributed by atoms with Crippen LogP contribution in [0.3, 0.4) is 0 Å². The van der Waals surface area contributed by atoms with Crippen molar-refractivity contribution in [3.63, 3.8) is 0 Å². The number of aryl methyl sites for hydroxylation is 1. The Labute approximate surface area is 101 Å². The van der Waals surface area contributed by atoms with Gasteiger partial charge in [-0.05, 0) is 24.1 Å². The first-order valence-corrected chi connectivity index (χ1v) is 6.60. The molecule has 1 aromatic carbocycles. The number of benzene rings is 1. The summed E-state index contributed by atoms with van der Waals surface area (Å²) >= 11 is 1.88. The van der Waals surface area contributed by atoms with E-state index in [2.05, 4.69) is 43.1 Å². The lowest BCUT2D eigenvalue weighted by Gasteiger charge is -2.34. The van der Waals surface area contributed by atoms with Crippen LogP contribution >= 0.6 is 11.8 Å². The third-order valence-corrected chi connectivity index (χ3v) is 4.31. The van der Waals surface area contributed by atoms with Crippen LogP contribution in [0.25, 0.3) is 0 Å². The number of hydrogen-bond donors (Lipinski definition) is 0. The van der Waals surface area contributed by atoms with Gasteiger partial charge in [0.1, 0.15) is 0 Å². The summed E-state index contributed by atoms with van der Waals surface area (Å²) in [5, 5.41) is 8.78. The van der Waals surface area contributed by atoms with Gasteiger partial charge < -0.3 is 4.90 Å². The van der Waals surface area contributed by atoms with E-state index in [0.717, 1.165) is 12.2 Å². The van der Waals surface area contributed by atoms with E-state index in [1.807, 2.05) is 11.8 Å². The van der Waals surface area contributed by atoms with Crippen molar-refractivity contribution in [1.82, 2.24) is 0 Å². The molecule has 0 amide bonds. The highest BCUT2D eigenvalue weighted by Crippen LogP contribution is 2.37. The fraction of sp³-hybridized carbons (Fsp3) is 0.462. The predicted molar refractivity (Wildman–Crippen MR) is 69.0 cm³/mol. The van der Waals surface area contributed by atoms with E-state index in [-0.39, 0.29) is 0 Å². The minimum absolute atomic E-state index is 0.356. The van der Waals surface area contributed by atoms with Crippen LogP contribution in [0.2, 0.25) is 0 Å². The smallest absolute Gasteiger partial charge is 0.0643 e. The van der Waals surface area contributed by atoms with Crippen LogP contribution in [-0.4, -0.2) is 18.8 Å². The minimum atomic E-state index is 0.356. The topological polar surface area (TPSA) is 27.0 Å². The van der Waals surface area contributed by atoms with Crippen molar-refractivity contribution in [2.45, 2.75) is 30.7 Å². The normalized spacial score (nSPS) is 19.1. The molecule has 0 radical (unpaired) electrons. The van der Waals surface area contributed by atoms with Crippen LogP contribution in [-0.2, 0) is 6.42 Å². The zero-order chi connectivity index (χ0) is 11.5. The summed E-state index contributed by atoms with van der Waals surface area (Å²) in [7, 11) is 2.09. The molecule has 1 aliphatic rings. The van der Waals surface area contributed by atoms with Crippen molar-refractivity contribution < 1.29 is 0 Å². The lowest BCUT2D eigenvalue weighted by Crippen LogP contribution is -2.36. The largest absolute Gasteiger partial charge is 0.369 e. The van der Waals surface area contributed by atoms with E-state index in [4.69, 9.17) is 5.26 Å². The number of nitrogens with zero attached hydrogens (tertiary/aromatic N) is 2. The average molecular weight is 232 g/mol. The number of thioether (sulfide) groups is 1. The summed E-state index contributed by atoms with van der Waals surface area (Å²) in [5.41, 5.74) is 2.66. The van der Waals surface area contributed by atoms with Crippen LogP contribution in [0.1, 0.15) is 18.9 Å². The van der Waals surface area contributed by atoms with Crippen LogP contribution in [0.5, 0.6) is 0 Å². The number of nitriles is 1. The highest BCUT2D eigenvalue weighted by atomic mass is 32.2. The van der Waals surface area contributed by atoms with Gasteiger partial charge >= 0.3 is 0 Å². The van der Waals surface area contributed by atoms with Crippen molar-refractivity contribution >= 4 is 17.4 Å². The van der Waals surface area contributed by atoms with E-state index < -0.39 is 0 Å². The van der Waals surface area contributed by atoms with E-state index in [1.165, 1.54) is 16.1 Å². The van der Waals surface area contributed by atoms with Gasteiger partial charge in [-0.25, -0.2) is 0 Å². The second-order valence-electron chi connectivity index (χ2n) is 4.09. The molecule has 1 unspecified atom stereocenters. The van der Waals surface area contributed by atoms with Gasteiger partial charge in [0.05, 0.1) is 24.2 Å². The van der Waals surface area contributed by atoms with Gasteiger partial charge in [0.25, 0.3) is 0 Å². The minimum Gasteiger partial charge on any atom is -0.369 e. The maximum atomic E-state index is 8.78. The fourth-order valence-electron chi connectivity index (χ4n) is 1.98. The third kappa shape index (κ3) is 2.03. The van der Waals surface area contributed by atoms with Gasteiger partial charge in [-0.3, -0.25) is 0 Å². The Morgan fingerprint density at radius 3 is 3.06 bits per heavy atom. The molecular weight excluding hydrogens is 216 g/mol. The van der Waals surface area contributed by atoms with Gasteiger partial charge in [-0.2, -0.15) is 5.26 Å². The summed E-state index contributed by atoms with van der Waals surface area (Å²) in [6, 6.07) is 9.27. The maximum absolute atomic E-state index is 8.78. The lowest BCUT2D eigenvalue weighted by molar-refractivity contribution is 0.698. The van der Waals surface area contributed by atoms with E-state index in [1.54, 1.807) is 0 Å². The molecule has 0 saturated heterocycles. The Balaban J connectivity index is 2.28. The summed E-state index contributed by atoms with van der Waals surface area (Å²) < 4.78 is 0. The average Bonchev–Trinajstić information content (AvgIpc) is 2.32. The molecule has 3 heteroatoms. The molecule has 0 N–H and O–H groups in total. The molecule has 0 saturated carbocycles. The molecule has 1 heterocycles. The van der Waals surface area contributed by atoms with Crippen molar-refractivity contribution in [2.75, 3.05) is 17.7 Å². The molecular formula is C13H16N2S. The Bertz CT molecular complexity index is 422. The quantitative estimate of drug-likeness (QED) is 0.784. The molecule has 84 valence electrons. The lowest BCUT2D eigenvalue weighted by atomic mass is 10.1. The van der Waals surface area contributed by atoms with E-state index in [9.17, 15) is 0 Å². The Kier molecular flexibility index (Phi) is 3.40. The van der Waals surface area contributed by atoms with Gasteiger partial charge in [0.15, 0.2) is 0 Å². The number of fused-ring (bicyclic) bond motifs is 1. The SMILES string of the molecule is CCc1ccc2c(c1)SCC(CC#N)N2C. The first-order valence-electron chi connectivity index (χ1n) is 5.61. The Morgan fingerprint density at radius 2 is 2.38 bits per heavy atom. The fourth-order valence-corrected chi connectivity index (χ4v) is 3.29. The highest BCUT2D eigenvalue weighted by molar-refractivity contribution is 7.99. The van der Waals surface area contributed by atoms with Crippen molar-refractivity contribution in [3.8, 4) is 6.07 Å². The maximum Gasteiger partial charge on any atom is 0.0643 e. The standard InChI is InChI=1S/C13H16N2S/c1-3-10-4-5-12-13(8-10)16-9-11(6-7-14)15(12)2/h4-5,8,11H,3,6,9H2,1-2H3. The molecule has 0 bridgehead atoms. The van der Waals surface area contributed by atoms with Crippen LogP contribution in [0.4, 0.5) is 5.69 Å². The molecule has 2 rings (SSSR count). The molecule has 16 heavy (non-hydrogen) atoms. The summed E-state index contributed by atoms with van der Waals surface area (Å²) in [6.07, 6.45) is 1.69. The van der Waals surface area contributed by atoms with Crippen molar-refractivity contribution in [3.05, 3.63) is 23.8 Å². The third-order valence-electron chi connectivity index (χ3n) is 3.12. The molecule has 1 aliphatic heterocycles. The predicted octanol–water partition coefficient (Wildman–Crippen LogP) is 3.07. The molecule has 0 aromatic heterocycles. The Morgan fingerprint density at radius 1 is 1.56 bits per heavy atom. The summed E-state index contributed by atoms with van der Waals surface area (Å²) in [4.78, 5) is 3.60. The molecule has 1 aromatic rings. The zero-order valence-corrected chi connectivity index (χ0v) is 10.5.